The fourth-order valence-electron chi connectivity index (χ4n) is 2.22. The molecule has 0 spiro atoms. The minimum absolute atomic E-state index is 0.0616. The topological polar surface area (TPSA) is 56.8 Å². The molecule has 0 aromatic heterocycles. The van der Waals surface area contributed by atoms with E-state index < -0.39 is 0 Å². The van der Waals surface area contributed by atoms with Crippen LogP contribution in [0.4, 0.5) is 5.69 Å². The molecule has 0 aliphatic heterocycles. The van der Waals surface area contributed by atoms with Gasteiger partial charge in [0, 0.05) is 11.8 Å². The van der Waals surface area contributed by atoms with E-state index in [1.807, 2.05) is 24.3 Å². The van der Waals surface area contributed by atoms with Crippen molar-refractivity contribution in [3.63, 3.8) is 0 Å². The van der Waals surface area contributed by atoms with E-state index in [1.54, 1.807) is 31.4 Å². The molecule has 0 saturated carbocycles. The van der Waals surface area contributed by atoms with Crippen LogP contribution in [0.3, 0.4) is 0 Å². The van der Waals surface area contributed by atoms with Gasteiger partial charge in [-0.1, -0.05) is 25.8 Å². The van der Waals surface area contributed by atoms with Gasteiger partial charge in [0.2, 0.25) is 0 Å². The van der Waals surface area contributed by atoms with E-state index in [9.17, 15) is 4.79 Å². The Morgan fingerprint density at radius 3 is 2.36 bits per heavy atom. The Morgan fingerprint density at radius 2 is 1.68 bits per heavy atom. The largest absolute Gasteiger partial charge is 0.497 e. The van der Waals surface area contributed by atoms with E-state index in [4.69, 9.17) is 14.2 Å². The highest BCUT2D eigenvalue weighted by molar-refractivity contribution is 5.92. The van der Waals surface area contributed by atoms with Crippen LogP contribution in [-0.4, -0.2) is 26.2 Å². The molecule has 25 heavy (non-hydrogen) atoms. The van der Waals surface area contributed by atoms with Gasteiger partial charge >= 0.3 is 0 Å². The lowest BCUT2D eigenvalue weighted by molar-refractivity contribution is -0.118. The number of amides is 1. The van der Waals surface area contributed by atoms with Crippen molar-refractivity contribution in [2.45, 2.75) is 26.2 Å². The van der Waals surface area contributed by atoms with Gasteiger partial charge in [0.05, 0.1) is 13.7 Å². The number of hydrogen-bond donors (Lipinski definition) is 1. The van der Waals surface area contributed by atoms with Crippen LogP contribution in [-0.2, 0) is 4.79 Å². The predicted octanol–water partition coefficient (Wildman–Crippen LogP) is 4.28. The number of rotatable bonds is 10. The molecular formula is C20H25NO4. The van der Waals surface area contributed by atoms with Crippen LogP contribution in [0.2, 0.25) is 0 Å². The Labute approximate surface area is 148 Å². The summed E-state index contributed by atoms with van der Waals surface area (Å²) in [5.74, 6) is 1.90. The first-order valence-electron chi connectivity index (χ1n) is 8.51. The van der Waals surface area contributed by atoms with Crippen LogP contribution in [0.25, 0.3) is 0 Å². The summed E-state index contributed by atoms with van der Waals surface area (Å²) >= 11 is 0. The van der Waals surface area contributed by atoms with Crippen molar-refractivity contribution in [2.75, 3.05) is 25.6 Å². The van der Waals surface area contributed by atoms with E-state index >= 15 is 0 Å². The average molecular weight is 343 g/mol. The van der Waals surface area contributed by atoms with Crippen LogP contribution in [0.15, 0.2) is 48.5 Å². The number of ether oxygens (including phenoxy) is 3. The smallest absolute Gasteiger partial charge is 0.262 e. The molecule has 1 amide bonds. The molecule has 0 aliphatic carbocycles. The average Bonchev–Trinajstić information content (AvgIpc) is 2.64. The van der Waals surface area contributed by atoms with E-state index in [0.717, 1.165) is 18.8 Å². The lowest BCUT2D eigenvalue weighted by Crippen LogP contribution is -2.20. The first kappa shape index (κ1) is 18.6. The molecule has 0 saturated heterocycles. The van der Waals surface area contributed by atoms with Gasteiger partial charge in [-0.3, -0.25) is 4.79 Å². The molecule has 134 valence electrons. The van der Waals surface area contributed by atoms with Crippen molar-refractivity contribution in [2.24, 2.45) is 0 Å². The number of hydrogen-bond acceptors (Lipinski definition) is 4. The Morgan fingerprint density at radius 1 is 0.960 bits per heavy atom. The maximum absolute atomic E-state index is 12.0. The quantitative estimate of drug-likeness (QED) is 0.654. The van der Waals surface area contributed by atoms with E-state index in [1.165, 1.54) is 12.8 Å². The third kappa shape index (κ3) is 6.75. The summed E-state index contributed by atoms with van der Waals surface area (Å²) in [6.45, 7) is 2.82. The molecule has 2 rings (SSSR count). The molecule has 5 nitrogen and oxygen atoms in total. The molecule has 0 radical (unpaired) electrons. The predicted molar refractivity (Wildman–Crippen MR) is 98.6 cm³/mol. The van der Waals surface area contributed by atoms with Crippen LogP contribution in [0, 0.1) is 0 Å². The fraction of sp³-hybridized carbons (Fsp3) is 0.350. The van der Waals surface area contributed by atoms with Gasteiger partial charge in [0.1, 0.15) is 17.2 Å². The Balaban J connectivity index is 1.75. The summed E-state index contributed by atoms with van der Waals surface area (Å²) in [4.78, 5) is 12.0. The standard InChI is InChI=1S/C20H25NO4/c1-3-4-5-13-24-17-9-11-18(12-10-17)25-15-20(22)21-16-7-6-8-19(14-16)23-2/h6-12,14H,3-5,13,15H2,1-2H3,(H,21,22). The highest BCUT2D eigenvalue weighted by Crippen LogP contribution is 2.19. The van der Waals surface area contributed by atoms with Crippen molar-refractivity contribution in [1.82, 2.24) is 0 Å². The molecule has 0 fully saturated rings. The van der Waals surface area contributed by atoms with Gasteiger partial charge < -0.3 is 19.5 Å². The fourth-order valence-corrected chi connectivity index (χ4v) is 2.22. The van der Waals surface area contributed by atoms with Crippen LogP contribution in [0.1, 0.15) is 26.2 Å². The molecular weight excluding hydrogens is 318 g/mol. The zero-order chi connectivity index (χ0) is 17.9. The number of anilines is 1. The van der Waals surface area contributed by atoms with E-state index in [0.29, 0.717) is 17.2 Å². The number of carbonyl (C=O) groups is 1. The number of benzene rings is 2. The summed E-state index contributed by atoms with van der Waals surface area (Å²) in [6.07, 6.45) is 3.40. The second-order valence-corrected chi connectivity index (χ2v) is 5.60. The van der Waals surface area contributed by atoms with E-state index in [2.05, 4.69) is 12.2 Å². The molecule has 1 N–H and O–H groups in total. The van der Waals surface area contributed by atoms with Gasteiger partial charge in [-0.2, -0.15) is 0 Å². The van der Waals surface area contributed by atoms with Crippen LogP contribution in [0.5, 0.6) is 17.2 Å². The lowest BCUT2D eigenvalue weighted by Gasteiger charge is -2.10. The maximum Gasteiger partial charge on any atom is 0.262 e. The van der Waals surface area contributed by atoms with Gasteiger partial charge in [0.25, 0.3) is 5.91 Å². The Kier molecular flexibility index (Phi) is 7.63. The van der Waals surface area contributed by atoms with Gasteiger partial charge in [-0.25, -0.2) is 0 Å². The number of nitrogens with one attached hydrogen (secondary N) is 1. The monoisotopic (exact) mass is 343 g/mol. The maximum atomic E-state index is 12.0. The second-order valence-electron chi connectivity index (χ2n) is 5.60. The number of carbonyl (C=O) groups excluding carboxylic acids is 1. The first-order chi connectivity index (χ1) is 12.2. The highest BCUT2D eigenvalue weighted by atomic mass is 16.5. The highest BCUT2D eigenvalue weighted by Gasteiger charge is 2.05. The van der Waals surface area contributed by atoms with Crippen LogP contribution < -0.4 is 19.5 Å². The molecule has 5 heteroatoms. The molecule has 2 aromatic rings. The first-order valence-corrected chi connectivity index (χ1v) is 8.51. The summed E-state index contributed by atoms with van der Waals surface area (Å²) in [7, 11) is 1.58. The van der Waals surface area contributed by atoms with Crippen molar-refractivity contribution >= 4 is 11.6 Å². The minimum Gasteiger partial charge on any atom is -0.497 e. The Hall–Kier alpha value is -2.69. The zero-order valence-electron chi connectivity index (χ0n) is 14.8. The summed E-state index contributed by atoms with van der Waals surface area (Å²) in [5, 5.41) is 2.77. The molecule has 0 bridgehead atoms. The summed E-state index contributed by atoms with van der Waals surface area (Å²) in [5.41, 5.74) is 0.670. The summed E-state index contributed by atoms with van der Waals surface area (Å²) in [6, 6.07) is 14.5. The minimum atomic E-state index is -0.229. The number of unbranched alkanes of at least 4 members (excludes halogenated alkanes) is 2. The molecule has 0 atom stereocenters. The van der Waals surface area contributed by atoms with Crippen molar-refractivity contribution in [3.05, 3.63) is 48.5 Å². The third-order valence-electron chi connectivity index (χ3n) is 3.56. The molecule has 0 aliphatic rings. The van der Waals surface area contributed by atoms with Gasteiger partial charge in [-0.15, -0.1) is 0 Å². The normalized spacial score (nSPS) is 10.2. The van der Waals surface area contributed by atoms with Gasteiger partial charge in [0.15, 0.2) is 6.61 Å². The Bertz CT molecular complexity index is 655. The SMILES string of the molecule is CCCCCOc1ccc(OCC(=O)Nc2cccc(OC)c2)cc1. The summed E-state index contributed by atoms with van der Waals surface area (Å²) < 4.78 is 16.3. The molecule has 2 aromatic carbocycles. The lowest BCUT2D eigenvalue weighted by atomic mass is 10.3. The molecule has 0 heterocycles. The van der Waals surface area contributed by atoms with Crippen molar-refractivity contribution in [1.29, 1.82) is 0 Å². The molecule has 0 unspecified atom stereocenters. The van der Waals surface area contributed by atoms with Crippen molar-refractivity contribution in [3.8, 4) is 17.2 Å². The number of methoxy groups -OCH3 is 1. The second kappa shape index (κ2) is 10.2. The van der Waals surface area contributed by atoms with Gasteiger partial charge in [-0.05, 0) is 42.8 Å². The van der Waals surface area contributed by atoms with Crippen molar-refractivity contribution < 1.29 is 19.0 Å². The third-order valence-corrected chi connectivity index (χ3v) is 3.56. The zero-order valence-corrected chi connectivity index (χ0v) is 14.8. The van der Waals surface area contributed by atoms with E-state index in [-0.39, 0.29) is 12.5 Å². The van der Waals surface area contributed by atoms with Crippen LogP contribution >= 0.6 is 0 Å².